The molecule has 0 aliphatic carbocycles. The molecule has 5 N–H and O–H groups in total. The second-order valence-electron chi connectivity index (χ2n) is 8.46. The van der Waals surface area contributed by atoms with Gasteiger partial charge in [-0.25, -0.2) is 14.4 Å². The molecule has 4 rings (SSSR count). The van der Waals surface area contributed by atoms with Crippen LogP contribution in [0.5, 0.6) is 0 Å². The Morgan fingerprint density at radius 3 is 2.49 bits per heavy atom. The quantitative estimate of drug-likeness (QED) is 0.285. The zero-order valence-electron chi connectivity index (χ0n) is 20.1. The van der Waals surface area contributed by atoms with Gasteiger partial charge in [-0.15, -0.1) is 0 Å². The van der Waals surface area contributed by atoms with Crippen LogP contribution in [-0.2, 0) is 13.2 Å². The Morgan fingerprint density at radius 2 is 1.81 bits per heavy atom. The van der Waals surface area contributed by atoms with Crippen LogP contribution in [-0.4, -0.2) is 21.0 Å². The highest BCUT2D eigenvalue weighted by molar-refractivity contribution is 5.99. The van der Waals surface area contributed by atoms with Crippen LogP contribution in [0.25, 0.3) is 11.1 Å². The Morgan fingerprint density at radius 1 is 1.08 bits per heavy atom. The molecule has 2 aromatic carbocycles. The molecule has 0 spiro atoms. The third kappa shape index (κ3) is 6.07. The number of nitriles is 1. The summed E-state index contributed by atoms with van der Waals surface area (Å²) in [4.78, 5) is 21.5. The molecule has 0 fully saturated rings. The van der Waals surface area contributed by atoms with Crippen molar-refractivity contribution < 1.29 is 14.3 Å². The lowest BCUT2D eigenvalue weighted by Crippen LogP contribution is -2.28. The fraction of sp³-hybridized carbons (Fsp3) is 0.143. The molecular formula is C28H25FN6O2. The highest BCUT2D eigenvalue weighted by Gasteiger charge is 2.17. The first-order valence-electron chi connectivity index (χ1n) is 11.5. The molecule has 2 aromatic heterocycles. The number of hydrogen-bond donors (Lipinski definition) is 4. The highest BCUT2D eigenvalue weighted by atomic mass is 19.1. The highest BCUT2D eigenvalue weighted by Crippen LogP contribution is 2.23. The molecule has 9 heteroatoms. The third-order valence-electron chi connectivity index (χ3n) is 5.90. The molecule has 0 unspecified atom stereocenters. The van der Waals surface area contributed by atoms with Gasteiger partial charge in [-0.2, -0.15) is 5.26 Å². The first-order valence-corrected chi connectivity index (χ1v) is 11.5. The average Bonchev–Trinajstić information content (AvgIpc) is 2.92. The number of halogens is 1. The van der Waals surface area contributed by atoms with Crippen molar-refractivity contribution in [1.29, 1.82) is 5.26 Å². The predicted octanol–water partition coefficient (Wildman–Crippen LogP) is 4.33. The summed E-state index contributed by atoms with van der Waals surface area (Å²) in [6, 6.07) is 18.5. The van der Waals surface area contributed by atoms with Crippen molar-refractivity contribution in [3.63, 3.8) is 0 Å². The van der Waals surface area contributed by atoms with Crippen LogP contribution in [0.2, 0.25) is 0 Å². The van der Waals surface area contributed by atoms with Crippen LogP contribution in [0.3, 0.4) is 0 Å². The average molecular weight is 497 g/mol. The van der Waals surface area contributed by atoms with E-state index in [-0.39, 0.29) is 29.6 Å². The van der Waals surface area contributed by atoms with Gasteiger partial charge in [0.25, 0.3) is 5.91 Å². The van der Waals surface area contributed by atoms with Gasteiger partial charge in [0.05, 0.1) is 23.8 Å². The van der Waals surface area contributed by atoms with Crippen molar-refractivity contribution in [2.24, 2.45) is 0 Å². The number of pyridine rings is 2. The largest absolute Gasteiger partial charge is 0.392 e. The summed E-state index contributed by atoms with van der Waals surface area (Å²) in [6.45, 7) is 1.99. The van der Waals surface area contributed by atoms with Crippen molar-refractivity contribution in [2.45, 2.75) is 26.1 Å². The van der Waals surface area contributed by atoms with Crippen LogP contribution >= 0.6 is 0 Å². The number of aromatic nitrogens is 2. The smallest absolute Gasteiger partial charge is 0.255 e. The van der Waals surface area contributed by atoms with E-state index in [2.05, 4.69) is 20.6 Å². The number of amides is 1. The number of carbonyl (C=O) groups excluding carboxylic acids is 1. The minimum Gasteiger partial charge on any atom is -0.392 e. The maximum absolute atomic E-state index is 13.2. The molecule has 37 heavy (non-hydrogen) atoms. The van der Waals surface area contributed by atoms with E-state index in [0.29, 0.717) is 23.7 Å². The second-order valence-corrected chi connectivity index (χ2v) is 8.46. The van der Waals surface area contributed by atoms with Gasteiger partial charge in [-0.05, 0) is 47.9 Å². The molecule has 0 radical (unpaired) electrons. The van der Waals surface area contributed by atoms with E-state index in [1.165, 1.54) is 24.4 Å². The fourth-order valence-corrected chi connectivity index (χ4v) is 3.76. The van der Waals surface area contributed by atoms with E-state index in [1.807, 2.05) is 30.3 Å². The number of nitrogen functional groups attached to an aromatic ring is 1. The fourth-order valence-electron chi connectivity index (χ4n) is 3.76. The molecule has 0 aliphatic heterocycles. The molecule has 8 nitrogen and oxygen atoms in total. The zero-order chi connectivity index (χ0) is 26.4. The summed E-state index contributed by atoms with van der Waals surface area (Å²) < 4.78 is 13.2. The number of rotatable bonds is 8. The summed E-state index contributed by atoms with van der Waals surface area (Å²) in [5.41, 5.74) is 10.2. The molecule has 4 aromatic rings. The van der Waals surface area contributed by atoms with Crippen LogP contribution in [0.4, 0.5) is 16.0 Å². The van der Waals surface area contributed by atoms with Crippen LogP contribution in [0.1, 0.15) is 45.6 Å². The van der Waals surface area contributed by atoms with Crippen LogP contribution in [0.15, 0.2) is 73.1 Å². The Labute approximate surface area is 213 Å². The van der Waals surface area contributed by atoms with Crippen LogP contribution in [0, 0.1) is 17.1 Å². The SMILES string of the molecule is C[C@H](NC(=O)c1cc(C#N)cnc1NCc1ccc(-c2cnc(N)c(CO)c2)cc1)c1ccc(F)cc1. The summed E-state index contributed by atoms with van der Waals surface area (Å²) in [5, 5.41) is 24.8. The van der Waals surface area contributed by atoms with E-state index in [4.69, 9.17) is 5.73 Å². The molecule has 186 valence electrons. The first-order chi connectivity index (χ1) is 17.9. The third-order valence-corrected chi connectivity index (χ3v) is 5.90. The molecule has 1 amide bonds. The molecule has 2 heterocycles. The molecular weight excluding hydrogens is 471 g/mol. The number of carbonyl (C=O) groups is 1. The van der Waals surface area contributed by atoms with Crippen molar-refractivity contribution in [1.82, 2.24) is 15.3 Å². The van der Waals surface area contributed by atoms with Gasteiger partial charge in [0.15, 0.2) is 0 Å². The van der Waals surface area contributed by atoms with E-state index < -0.39 is 5.91 Å². The molecule has 0 saturated heterocycles. The minimum absolute atomic E-state index is 0.190. The number of hydrogen-bond acceptors (Lipinski definition) is 7. The first kappa shape index (κ1) is 25.3. The van der Waals surface area contributed by atoms with Gasteiger partial charge in [0.1, 0.15) is 23.5 Å². The zero-order valence-corrected chi connectivity index (χ0v) is 20.1. The van der Waals surface area contributed by atoms with E-state index >= 15 is 0 Å². The van der Waals surface area contributed by atoms with Crippen molar-refractivity contribution in [3.8, 4) is 17.2 Å². The lowest BCUT2D eigenvalue weighted by Gasteiger charge is -2.16. The Kier molecular flexibility index (Phi) is 7.71. The number of anilines is 2. The number of nitrogens with zero attached hydrogens (tertiary/aromatic N) is 3. The predicted molar refractivity (Wildman–Crippen MR) is 139 cm³/mol. The van der Waals surface area contributed by atoms with Gasteiger partial charge in [0.2, 0.25) is 0 Å². The molecule has 0 aliphatic rings. The van der Waals surface area contributed by atoms with Crippen molar-refractivity contribution in [2.75, 3.05) is 11.1 Å². The standard InChI is InChI=1S/C28H25FN6O2/c1-17(20-6-8-24(29)9-7-20)35-28(37)25-10-19(12-30)14-34-27(25)33-13-18-2-4-21(5-3-18)22-11-23(16-36)26(31)32-15-22/h2-11,14-15,17,36H,13,16H2,1H3,(H2,31,32)(H,33,34)(H,35,37)/t17-/m0/s1. The summed E-state index contributed by atoms with van der Waals surface area (Å²) in [6.07, 6.45) is 3.05. The summed E-state index contributed by atoms with van der Waals surface area (Å²) in [5.74, 6) is -0.126. The maximum atomic E-state index is 13.2. The number of aliphatic hydroxyl groups excluding tert-OH is 1. The maximum Gasteiger partial charge on any atom is 0.255 e. The second kappa shape index (κ2) is 11.3. The number of benzene rings is 2. The summed E-state index contributed by atoms with van der Waals surface area (Å²) in [7, 11) is 0. The summed E-state index contributed by atoms with van der Waals surface area (Å²) >= 11 is 0. The number of aliphatic hydroxyl groups is 1. The lowest BCUT2D eigenvalue weighted by atomic mass is 10.0. The Balaban J connectivity index is 1.48. The topological polar surface area (TPSA) is 137 Å². The Hall–Kier alpha value is -4.81. The van der Waals surface area contributed by atoms with Gasteiger partial charge in [-0.1, -0.05) is 36.4 Å². The number of nitrogens with one attached hydrogen (secondary N) is 2. The van der Waals surface area contributed by atoms with E-state index in [1.54, 1.807) is 31.3 Å². The monoisotopic (exact) mass is 496 g/mol. The normalized spacial score (nSPS) is 11.4. The Bertz CT molecular complexity index is 1450. The van der Waals surface area contributed by atoms with Gasteiger partial charge < -0.3 is 21.5 Å². The van der Waals surface area contributed by atoms with Gasteiger partial charge in [0, 0.05) is 30.1 Å². The minimum atomic E-state index is -0.408. The van der Waals surface area contributed by atoms with Crippen LogP contribution < -0.4 is 16.4 Å². The van der Waals surface area contributed by atoms with Gasteiger partial charge in [-0.3, -0.25) is 4.79 Å². The van der Waals surface area contributed by atoms with E-state index in [0.717, 1.165) is 22.3 Å². The van der Waals surface area contributed by atoms with E-state index in [9.17, 15) is 19.6 Å². The molecule has 1 atom stereocenters. The van der Waals surface area contributed by atoms with Gasteiger partial charge >= 0.3 is 0 Å². The molecule has 0 bridgehead atoms. The lowest BCUT2D eigenvalue weighted by molar-refractivity contribution is 0.0940. The number of nitrogens with two attached hydrogens (primary N) is 1. The van der Waals surface area contributed by atoms with Crippen molar-refractivity contribution >= 4 is 17.5 Å². The van der Waals surface area contributed by atoms with Crippen molar-refractivity contribution in [3.05, 3.63) is 107 Å². The molecule has 0 saturated carbocycles.